The highest BCUT2D eigenvalue weighted by Crippen LogP contribution is 2.14. The summed E-state index contributed by atoms with van der Waals surface area (Å²) in [5.41, 5.74) is 0. The van der Waals surface area contributed by atoms with Crippen LogP contribution in [0.4, 0.5) is 0 Å². The molecule has 1 rings (SSSR count). The highest BCUT2D eigenvalue weighted by atomic mass is 16.5. The lowest BCUT2D eigenvalue weighted by molar-refractivity contribution is -0.138. The predicted octanol–water partition coefficient (Wildman–Crippen LogP) is 1.65. The van der Waals surface area contributed by atoms with Crippen molar-refractivity contribution in [3.8, 4) is 0 Å². The lowest BCUT2D eigenvalue weighted by Gasteiger charge is -2.30. The van der Waals surface area contributed by atoms with E-state index < -0.39 is 0 Å². The van der Waals surface area contributed by atoms with Crippen LogP contribution in [0.1, 0.15) is 40.0 Å². The summed E-state index contributed by atoms with van der Waals surface area (Å²) in [5.74, 6) is 0.796. The highest BCUT2D eigenvalue weighted by molar-refractivity contribution is 5.77. The fourth-order valence-electron chi connectivity index (χ4n) is 2.29. The minimum atomic E-state index is 0.122. The molecule has 4 heteroatoms. The smallest absolute Gasteiger partial charge is 0.248 e. The number of carbonyl (C=O) groups excluding carboxylic acids is 1. The van der Waals surface area contributed by atoms with E-state index in [1.165, 1.54) is 12.8 Å². The van der Waals surface area contributed by atoms with Gasteiger partial charge in [-0.3, -0.25) is 4.79 Å². The molecule has 1 aliphatic rings. The van der Waals surface area contributed by atoms with Crippen molar-refractivity contribution in [1.29, 1.82) is 0 Å². The Balaban J connectivity index is 2.39. The summed E-state index contributed by atoms with van der Waals surface area (Å²) < 4.78 is 5.42. The lowest BCUT2D eigenvalue weighted by Crippen LogP contribution is -2.41. The summed E-state index contributed by atoms with van der Waals surface area (Å²) in [6.45, 7) is 10.2. The second-order valence-electron chi connectivity index (χ2n) is 5.39. The van der Waals surface area contributed by atoms with Crippen LogP contribution in [0.2, 0.25) is 0 Å². The van der Waals surface area contributed by atoms with Crippen LogP contribution in [0.3, 0.4) is 0 Å². The molecule has 0 aromatic heterocycles. The van der Waals surface area contributed by atoms with E-state index in [1.807, 2.05) is 18.7 Å². The van der Waals surface area contributed by atoms with E-state index in [0.717, 1.165) is 32.6 Å². The number of hydrogen-bond donors (Lipinski definition) is 1. The third-order valence-corrected chi connectivity index (χ3v) is 3.32. The Bertz CT molecular complexity index is 238. The van der Waals surface area contributed by atoms with E-state index in [2.05, 4.69) is 12.2 Å². The third-order valence-electron chi connectivity index (χ3n) is 3.32. The number of nitrogens with one attached hydrogen (secondary N) is 1. The number of piperidine rings is 1. The van der Waals surface area contributed by atoms with Crippen LogP contribution in [-0.4, -0.2) is 49.7 Å². The van der Waals surface area contributed by atoms with Gasteiger partial charge >= 0.3 is 0 Å². The number of amides is 1. The SMILES string of the molecule is CCCN(CC1CCNCC1)C(=O)COC(C)C. The number of ether oxygens (including phenoxy) is 1. The summed E-state index contributed by atoms with van der Waals surface area (Å²) in [6.07, 6.45) is 3.49. The molecule has 0 atom stereocenters. The first-order chi connectivity index (χ1) is 8.63. The van der Waals surface area contributed by atoms with Crippen LogP contribution in [0, 0.1) is 5.92 Å². The number of nitrogens with zero attached hydrogens (tertiary/aromatic N) is 1. The van der Waals surface area contributed by atoms with Gasteiger partial charge < -0.3 is 15.0 Å². The van der Waals surface area contributed by atoms with Gasteiger partial charge in [-0.1, -0.05) is 6.92 Å². The van der Waals surface area contributed by atoms with Crippen LogP contribution in [0.15, 0.2) is 0 Å². The van der Waals surface area contributed by atoms with Gasteiger partial charge in [-0.25, -0.2) is 0 Å². The van der Waals surface area contributed by atoms with E-state index in [0.29, 0.717) is 5.92 Å². The third kappa shape index (κ3) is 5.83. The van der Waals surface area contributed by atoms with Crippen LogP contribution in [-0.2, 0) is 9.53 Å². The number of rotatable bonds is 7. The van der Waals surface area contributed by atoms with Crippen LogP contribution in [0.25, 0.3) is 0 Å². The maximum absolute atomic E-state index is 12.1. The normalized spacial score (nSPS) is 17.1. The van der Waals surface area contributed by atoms with Crippen molar-refractivity contribution in [2.75, 3.05) is 32.8 Å². The molecule has 0 bridgehead atoms. The van der Waals surface area contributed by atoms with Crippen molar-refractivity contribution in [3.63, 3.8) is 0 Å². The summed E-state index contributed by atoms with van der Waals surface area (Å²) >= 11 is 0. The minimum absolute atomic E-state index is 0.122. The van der Waals surface area contributed by atoms with Gasteiger partial charge in [-0.15, -0.1) is 0 Å². The standard InChI is InChI=1S/C14H28N2O2/c1-4-9-16(14(17)11-18-12(2)3)10-13-5-7-15-8-6-13/h12-13,15H,4-11H2,1-3H3. The molecule has 0 aliphatic carbocycles. The highest BCUT2D eigenvalue weighted by Gasteiger charge is 2.20. The Morgan fingerprint density at radius 1 is 1.39 bits per heavy atom. The first-order valence-electron chi connectivity index (χ1n) is 7.23. The number of carbonyl (C=O) groups is 1. The summed E-state index contributed by atoms with van der Waals surface area (Å²) in [6, 6.07) is 0. The van der Waals surface area contributed by atoms with Gasteiger partial charge in [0.2, 0.25) is 5.91 Å². The van der Waals surface area contributed by atoms with Gasteiger partial charge in [0.1, 0.15) is 6.61 Å². The second kappa shape index (κ2) is 8.48. The van der Waals surface area contributed by atoms with Gasteiger partial charge in [-0.05, 0) is 52.1 Å². The molecule has 18 heavy (non-hydrogen) atoms. The first-order valence-corrected chi connectivity index (χ1v) is 7.23. The van der Waals surface area contributed by atoms with E-state index in [9.17, 15) is 4.79 Å². The Morgan fingerprint density at radius 3 is 2.61 bits per heavy atom. The lowest BCUT2D eigenvalue weighted by atomic mass is 9.97. The molecule has 1 aliphatic heterocycles. The van der Waals surface area contributed by atoms with E-state index in [4.69, 9.17) is 4.74 Å². The topological polar surface area (TPSA) is 41.6 Å². The predicted molar refractivity (Wildman–Crippen MR) is 73.6 cm³/mol. The zero-order valence-electron chi connectivity index (χ0n) is 12.1. The van der Waals surface area contributed by atoms with Crippen molar-refractivity contribution < 1.29 is 9.53 Å². The van der Waals surface area contributed by atoms with Gasteiger partial charge in [0, 0.05) is 13.1 Å². The average Bonchev–Trinajstić information content (AvgIpc) is 2.36. The average molecular weight is 256 g/mol. The molecular formula is C14H28N2O2. The molecule has 1 amide bonds. The first kappa shape index (κ1) is 15.4. The van der Waals surface area contributed by atoms with Gasteiger partial charge in [0.15, 0.2) is 0 Å². The molecule has 0 saturated carbocycles. The van der Waals surface area contributed by atoms with Crippen molar-refractivity contribution >= 4 is 5.91 Å². The maximum Gasteiger partial charge on any atom is 0.248 e. The van der Waals surface area contributed by atoms with Crippen LogP contribution < -0.4 is 5.32 Å². The number of hydrogen-bond acceptors (Lipinski definition) is 3. The summed E-state index contributed by atoms with van der Waals surface area (Å²) in [4.78, 5) is 14.1. The quantitative estimate of drug-likeness (QED) is 0.753. The van der Waals surface area contributed by atoms with Crippen molar-refractivity contribution in [3.05, 3.63) is 0 Å². The molecule has 1 N–H and O–H groups in total. The molecule has 4 nitrogen and oxygen atoms in total. The van der Waals surface area contributed by atoms with Gasteiger partial charge in [0.25, 0.3) is 0 Å². The Hall–Kier alpha value is -0.610. The van der Waals surface area contributed by atoms with Crippen molar-refractivity contribution in [2.24, 2.45) is 5.92 Å². The maximum atomic E-state index is 12.1. The Kier molecular flexibility index (Phi) is 7.28. The van der Waals surface area contributed by atoms with E-state index >= 15 is 0 Å². The molecule has 1 fully saturated rings. The fraction of sp³-hybridized carbons (Fsp3) is 0.929. The van der Waals surface area contributed by atoms with E-state index in [1.54, 1.807) is 0 Å². The molecule has 1 saturated heterocycles. The molecule has 106 valence electrons. The molecule has 0 aromatic carbocycles. The zero-order chi connectivity index (χ0) is 13.4. The van der Waals surface area contributed by atoms with Crippen molar-refractivity contribution in [2.45, 2.75) is 46.1 Å². The van der Waals surface area contributed by atoms with Crippen LogP contribution in [0.5, 0.6) is 0 Å². The van der Waals surface area contributed by atoms with Crippen LogP contribution >= 0.6 is 0 Å². The van der Waals surface area contributed by atoms with Crippen molar-refractivity contribution in [1.82, 2.24) is 10.2 Å². The largest absolute Gasteiger partial charge is 0.369 e. The monoisotopic (exact) mass is 256 g/mol. The summed E-state index contributed by atoms with van der Waals surface area (Å²) in [7, 11) is 0. The van der Waals surface area contributed by atoms with E-state index in [-0.39, 0.29) is 18.6 Å². The molecule has 0 aromatic rings. The van der Waals surface area contributed by atoms with Gasteiger partial charge in [-0.2, -0.15) is 0 Å². The molecule has 0 spiro atoms. The molecular weight excluding hydrogens is 228 g/mol. The molecule has 1 heterocycles. The Morgan fingerprint density at radius 2 is 2.06 bits per heavy atom. The Labute approximate surface area is 111 Å². The van der Waals surface area contributed by atoms with Gasteiger partial charge in [0.05, 0.1) is 6.10 Å². The molecule has 0 unspecified atom stereocenters. The summed E-state index contributed by atoms with van der Waals surface area (Å²) in [5, 5.41) is 3.36. The minimum Gasteiger partial charge on any atom is -0.369 e. The molecule has 0 radical (unpaired) electrons. The fourth-order valence-corrected chi connectivity index (χ4v) is 2.29. The zero-order valence-corrected chi connectivity index (χ0v) is 12.1. The second-order valence-corrected chi connectivity index (χ2v) is 5.39.